The highest BCUT2D eigenvalue weighted by Crippen LogP contribution is 2.25. The Hall–Kier alpha value is -2.97. The van der Waals surface area contributed by atoms with E-state index in [1.54, 1.807) is 17.7 Å². The molecule has 0 saturated carbocycles. The van der Waals surface area contributed by atoms with E-state index in [1.165, 1.54) is 4.88 Å². The van der Waals surface area contributed by atoms with Crippen molar-refractivity contribution in [3.63, 3.8) is 0 Å². The van der Waals surface area contributed by atoms with Crippen LogP contribution in [0.2, 0.25) is 0 Å². The predicted octanol–water partition coefficient (Wildman–Crippen LogP) is 3.00. The van der Waals surface area contributed by atoms with Crippen molar-refractivity contribution in [1.29, 1.82) is 0 Å². The number of piperazine rings is 1. The lowest BCUT2D eigenvalue weighted by molar-refractivity contribution is 0.0746. The Kier molecular flexibility index (Phi) is 5.82. The van der Waals surface area contributed by atoms with E-state index in [9.17, 15) is 4.79 Å². The monoisotopic (exact) mass is 435 g/mol. The number of rotatable bonds is 4. The lowest BCUT2D eigenvalue weighted by atomic mass is 10.1. The van der Waals surface area contributed by atoms with Gasteiger partial charge in [0.2, 0.25) is 0 Å². The van der Waals surface area contributed by atoms with Gasteiger partial charge >= 0.3 is 0 Å². The number of hydrogen-bond donors (Lipinski definition) is 0. The average molecular weight is 436 g/mol. The van der Waals surface area contributed by atoms with Gasteiger partial charge < -0.3 is 19.4 Å². The van der Waals surface area contributed by atoms with Crippen molar-refractivity contribution in [3.8, 4) is 10.4 Å². The van der Waals surface area contributed by atoms with E-state index in [4.69, 9.17) is 4.74 Å². The Labute approximate surface area is 185 Å². The standard InChI is InChI=1S/C23H25N5O2S/c29-23(19-5-3-18(4-6-19)20-2-1-15-31-20)28-9-7-26(8-10-28)21-16-22(25-17-24-21)27-11-13-30-14-12-27/h1-6,15-17H,7-14H2. The topological polar surface area (TPSA) is 61.8 Å². The molecule has 2 aliphatic rings. The molecule has 8 heteroatoms. The Bertz CT molecular complexity index is 1010. The zero-order valence-corrected chi connectivity index (χ0v) is 18.1. The molecule has 31 heavy (non-hydrogen) atoms. The molecule has 0 radical (unpaired) electrons. The molecule has 0 unspecified atom stereocenters. The molecule has 0 N–H and O–H groups in total. The van der Waals surface area contributed by atoms with Crippen LogP contribution in [0.25, 0.3) is 10.4 Å². The molecule has 2 aliphatic heterocycles. The van der Waals surface area contributed by atoms with Crippen LogP contribution in [0.4, 0.5) is 11.6 Å². The van der Waals surface area contributed by atoms with Crippen molar-refractivity contribution in [2.45, 2.75) is 0 Å². The van der Waals surface area contributed by atoms with Gasteiger partial charge in [-0.05, 0) is 29.1 Å². The number of thiophene rings is 1. The van der Waals surface area contributed by atoms with Crippen LogP contribution in [-0.4, -0.2) is 73.3 Å². The molecule has 0 bridgehead atoms. The van der Waals surface area contributed by atoms with Gasteiger partial charge in [-0.1, -0.05) is 18.2 Å². The van der Waals surface area contributed by atoms with E-state index in [2.05, 4.69) is 31.2 Å². The van der Waals surface area contributed by atoms with Crippen LogP contribution >= 0.6 is 11.3 Å². The van der Waals surface area contributed by atoms with E-state index >= 15 is 0 Å². The molecule has 7 nitrogen and oxygen atoms in total. The second-order valence-electron chi connectivity index (χ2n) is 7.67. The Morgan fingerprint density at radius 3 is 2.19 bits per heavy atom. The fourth-order valence-electron chi connectivity index (χ4n) is 4.02. The van der Waals surface area contributed by atoms with Gasteiger partial charge in [0.05, 0.1) is 13.2 Å². The van der Waals surface area contributed by atoms with Gasteiger partial charge in [-0.25, -0.2) is 9.97 Å². The van der Waals surface area contributed by atoms with Crippen molar-refractivity contribution in [2.75, 3.05) is 62.3 Å². The summed E-state index contributed by atoms with van der Waals surface area (Å²) in [6.45, 7) is 6.05. The molecule has 1 aromatic carbocycles. The second kappa shape index (κ2) is 9.03. The van der Waals surface area contributed by atoms with Crippen molar-refractivity contribution in [1.82, 2.24) is 14.9 Å². The summed E-state index contributed by atoms with van der Waals surface area (Å²) in [6.07, 6.45) is 1.63. The maximum absolute atomic E-state index is 13.0. The van der Waals surface area contributed by atoms with Gasteiger partial charge in [-0.15, -0.1) is 11.3 Å². The van der Waals surface area contributed by atoms with Crippen molar-refractivity contribution < 1.29 is 9.53 Å². The van der Waals surface area contributed by atoms with Crippen LogP contribution in [0.3, 0.4) is 0 Å². The summed E-state index contributed by atoms with van der Waals surface area (Å²) in [5, 5.41) is 2.06. The number of aromatic nitrogens is 2. The molecular formula is C23H25N5O2S. The number of carbonyl (C=O) groups excluding carboxylic acids is 1. The lowest BCUT2D eigenvalue weighted by Crippen LogP contribution is -2.49. The predicted molar refractivity (Wildman–Crippen MR) is 123 cm³/mol. The minimum absolute atomic E-state index is 0.0917. The minimum atomic E-state index is 0.0917. The van der Waals surface area contributed by atoms with E-state index in [0.29, 0.717) is 13.1 Å². The highest BCUT2D eigenvalue weighted by molar-refractivity contribution is 7.13. The summed E-state index contributed by atoms with van der Waals surface area (Å²) in [7, 11) is 0. The fourth-order valence-corrected chi connectivity index (χ4v) is 4.75. The third kappa shape index (κ3) is 4.40. The van der Waals surface area contributed by atoms with Gasteiger partial charge in [0.1, 0.15) is 18.0 Å². The van der Waals surface area contributed by atoms with Gasteiger partial charge in [-0.3, -0.25) is 4.79 Å². The summed E-state index contributed by atoms with van der Waals surface area (Å²) < 4.78 is 5.43. The van der Waals surface area contributed by atoms with Gasteiger partial charge in [0, 0.05) is 55.8 Å². The summed E-state index contributed by atoms with van der Waals surface area (Å²) >= 11 is 1.71. The number of nitrogens with zero attached hydrogens (tertiary/aromatic N) is 5. The molecule has 5 rings (SSSR count). The fraction of sp³-hybridized carbons (Fsp3) is 0.348. The highest BCUT2D eigenvalue weighted by Gasteiger charge is 2.24. The first kappa shape index (κ1) is 20.0. The Morgan fingerprint density at radius 1 is 0.871 bits per heavy atom. The van der Waals surface area contributed by atoms with E-state index in [-0.39, 0.29) is 5.91 Å². The van der Waals surface area contributed by atoms with E-state index in [0.717, 1.165) is 62.2 Å². The minimum Gasteiger partial charge on any atom is -0.378 e. The molecule has 2 fully saturated rings. The Morgan fingerprint density at radius 2 is 1.55 bits per heavy atom. The van der Waals surface area contributed by atoms with Gasteiger partial charge in [-0.2, -0.15) is 0 Å². The third-order valence-electron chi connectivity index (χ3n) is 5.80. The van der Waals surface area contributed by atoms with Crippen molar-refractivity contribution in [3.05, 3.63) is 59.7 Å². The normalized spacial score (nSPS) is 17.1. The zero-order chi connectivity index (χ0) is 21.0. The largest absolute Gasteiger partial charge is 0.378 e. The molecule has 4 heterocycles. The van der Waals surface area contributed by atoms with Crippen LogP contribution < -0.4 is 9.80 Å². The molecule has 2 saturated heterocycles. The maximum atomic E-state index is 13.0. The van der Waals surface area contributed by atoms with E-state index in [1.807, 2.05) is 41.3 Å². The summed E-state index contributed by atoms with van der Waals surface area (Å²) in [5.74, 6) is 1.95. The van der Waals surface area contributed by atoms with E-state index < -0.39 is 0 Å². The second-order valence-corrected chi connectivity index (χ2v) is 8.62. The van der Waals surface area contributed by atoms with Crippen LogP contribution in [0.15, 0.2) is 54.2 Å². The summed E-state index contributed by atoms with van der Waals surface area (Å²) in [6, 6.07) is 14.1. The number of carbonyl (C=O) groups is 1. The number of hydrogen-bond acceptors (Lipinski definition) is 7. The highest BCUT2D eigenvalue weighted by atomic mass is 32.1. The smallest absolute Gasteiger partial charge is 0.253 e. The molecule has 3 aromatic rings. The number of morpholine rings is 1. The maximum Gasteiger partial charge on any atom is 0.253 e. The first-order valence-corrected chi connectivity index (χ1v) is 11.5. The van der Waals surface area contributed by atoms with Crippen LogP contribution in [0.5, 0.6) is 0 Å². The SMILES string of the molecule is O=C(c1ccc(-c2cccs2)cc1)N1CCN(c2cc(N3CCOCC3)ncn2)CC1. The summed E-state index contributed by atoms with van der Waals surface area (Å²) in [5.41, 5.74) is 1.89. The quantitative estimate of drug-likeness (QED) is 0.628. The third-order valence-corrected chi connectivity index (χ3v) is 6.72. The van der Waals surface area contributed by atoms with Crippen molar-refractivity contribution >= 4 is 28.9 Å². The number of anilines is 2. The number of ether oxygens (including phenoxy) is 1. The number of amides is 1. The van der Waals surface area contributed by atoms with Crippen LogP contribution in [0, 0.1) is 0 Å². The van der Waals surface area contributed by atoms with Crippen LogP contribution in [0.1, 0.15) is 10.4 Å². The molecule has 0 atom stereocenters. The average Bonchev–Trinajstić information content (AvgIpc) is 3.40. The Balaban J connectivity index is 1.21. The summed E-state index contributed by atoms with van der Waals surface area (Å²) in [4.78, 5) is 29.5. The first-order valence-electron chi connectivity index (χ1n) is 10.6. The van der Waals surface area contributed by atoms with Gasteiger partial charge in [0.25, 0.3) is 5.91 Å². The molecule has 2 aromatic heterocycles. The molecule has 160 valence electrons. The first-order chi connectivity index (χ1) is 15.3. The van der Waals surface area contributed by atoms with Crippen molar-refractivity contribution in [2.24, 2.45) is 0 Å². The molecule has 0 spiro atoms. The van der Waals surface area contributed by atoms with Crippen LogP contribution in [-0.2, 0) is 4.74 Å². The zero-order valence-electron chi connectivity index (χ0n) is 17.3. The molecular weight excluding hydrogens is 410 g/mol. The molecule has 0 aliphatic carbocycles. The molecule has 1 amide bonds. The number of benzene rings is 1. The van der Waals surface area contributed by atoms with Gasteiger partial charge in [0.15, 0.2) is 0 Å². The lowest BCUT2D eigenvalue weighted by Gasteiger charge is -2.36.